The van der Waals surface area contributed by atoms with Gasteiger partial charge in [-0.15, -0.1) is 0 Å². The Labute approximate surface area is 122 Å². The number of carbonyl (C=O) groups excluding carboxylic acids is 1. The first-order chi connectivity index (χ1) is 9.43. The predicted molar refractivity (Wildman–Crippen MR) is 84.9 cm³/mol. The predicted octanol–water partition coefficient (Wildman–Crippen LogP) is 3.38. The molecule has 0 saturated heterocycles. The van der Waals surface area contributed by atoms with Crippen molar-refractivity contribution < 1.29 is 4.79 Å². The lowest BCUT2D eigenvalue weighted by molar-refractivity contribution is 0.249. The van der Waals surface area contributed by atoms with E-state index in [0.717, 1.165) is 11.3 Å². The SMILES string of the molecule is CNC(C)c1cccc(NC(=O)NCC(C)C(C)C)c1. The molecule has 1 aromatic rings. The Morgan fingerprint density at radius 3 is 2.50 bits per heavy atom. The van der Waals surface area contributed by atoms with Gasteiger partial charge in [-0.3, -0.25) is 0 Å². The first kappa shape index (κ1) is 16.5. The normalized spacial score (nSPS) is 13.9. The average molecular weight is 277 g/mol. The van der Waals surface area contributed by atoms with Crippen LogP contribution in [0, 0.1) is 11.8 Å². The minimum absolute atomic E-state index is 0.147. The van der Waals surface area contributed by atoms with Crippen molar-refractivity contribution in [3.63, 3.8) is 0 Å². The molecular weight excluding hydrogens is 250 g/mol. The standard InChI is InChI=1S/C16H27N3O/c1-11(2)12(3)10-18-16(20)19-15-8-6-7-14(9-15)13(4)17-5/h6-9,11-13,17H,10H2,1-5H3,(H2,18,19,20). The maximum atomic E-state index is 11.9. The topological polar surface area (TPSA) is 53.2 Å². The zero-order valence-corrected chi connectivity index (χ0v) is 13.2. The van der Waals surface area contributed by atoms with Crippen LogP contribution in [0.15, 0.2) is 24.3 Å². The van der Waals surface area contributed by atoms with Gasteiger partial charge >= 0.3 is 6.03 Å². The van der Waals surface area contributed by atoms with Gasteiger partial charge in [-0.2, -0.15) is 0 Å². The Balaban J connectivity index is 2.54. The van der Waals surface area contributed by atoms with Crippen molar-refractivity contribution in [2.75, 3.05) is 18.9 Å². The monoisotopic (exact) mass is 277 g/mol. The maximum Gasteiger partial charge on any atom is 0.319 e. The summed E-state index contributed by atoms with van der Waals surface area (Å²) in [6.07, 6.45) is 0. The van der Waals surface area contributed by atoms with Crippen molar-refractivity contribution >= 4 is 11.7 Å². The molecule has 2 atom stereocenters. The Hall–Kier alpha value is -1.55. The van der Waals surface area contributed by atoms with Gasteiger partial charge in [0.2, 0.25) is 0 Å². The molecule has 2 amide bonds. The highest BCUT2D eigenvalue weighted by molar-refractivity contribution is 5.89. The minimum atomic E-state index is -0.147. The molecule has 4 nitrogen and oxygen atoms in total. The lowest BCUT2D eigenvalue weighted by Crippen LogP contribution is -2.33. The highest BCUT2D eigenvalue weighted by Gasteiger charge is 2.09. The van der Waals surface area contributed by atoms with Gasteiger partial charge in [-0.1, -0.05) is 32.9 Å². The number of nitrogens with one attached hydrogen (secondary N) is 3. The molecule has 112 valence electrons. The van der Waals surface area contributed by atoms with E-state index in [4.69, 9.17) is 0 Å². The summed E-state index contributed by atoms with van der Waals surface area (Å²) in [6.45, 7) is 9.24. The van der Waals surface area contributed by atoms with Crippen molar-refractivity contribution in [3.8, 4) is 0 Å². The van der Waals surface area contributed by atoms with Gasteiger partial charge in [-0.25, -0.2) is 4.79 Å². The summed E-state index contributed by atoms with van der Waals surface area (Å²) in [5, 5.41) is 8.97. The van der Waals surface area contributed by atoms with E-state index in [9.17, 15) is 4.79 Å². The van der Waals surface area contributed by atoms with Crippen LogP contribution in [0.5, 0.6) is 0 Å². The van der Waals surface area contributed by atoms with Gasteiger partial charge in [-0.05, 0) is 43.5 Å². The van der Waals surface area contributed by atoms with Gasteiger partial charge in [0.05, 0.1) is 0 Å². The smallest absolute Gasteiger partial charge is 0.319 e. The second-order valence-electron chi connectivity index (χ2n) is 5.69. The Bertz CT molecular complexity index is 431. The summed E-state index contributed by atoms with van der Waals surface area (Å²) in [5.41, 5.74) is 1.97. The summed E-state index contributed by atoms with van der Waals surface area (Å²) in [6, 6.07) is 8.01. The van der Waals surface area contributed by atoms with Crippen molar-refractivity contribution in [2.45, 2.75) is 33.7 Å². The second kappa shape index (κ2) is 7.90. The first-order valence-corrected chi connectivity index (χ1v) is 7.26. The van der Waals surface area contributed by atoms with Crippen molar-refractivity contribution in [1.29, 1.82) is 0 Å². The van der Waals surface area contributed by atoms with Crippen LogP contribution < -0.4 is 16.0 Å². The average Bonchev–Trinajstić information content (AvgIpc) is 2.43. The van der Waals surface area contributed by atoms with Crippen LogP contribution in [-0.4, -0.2) is 19.6 Å². The molecule has 4 heteroatoms. The molecule has 0 aliphatic rings. The number of hydrogen-bond acceptors (Lipinski definition) is 2. The molecule has 0 radical (unpaired) electrons. The van der Waals surface area contributed by atoms with Crippen LogP contribution in [0.3, 0.4) is 0 Å². The molecule has 0 aliphatic carbocycles. The van der Waals surface area contributed by atoms with E-state index in [-0.39, 0.29) is 12.1 Å². The summed E-state index contributed by atoms with van der Waals surface area (Å²) >= 11 is 0. The molecule has 1 rings (SSSR count). The molecule has 0 saturated carbocycles. The molecule has 2 unspecified atom stereocenters. The molecule has 0 fully saturated rings. The zero-order valence-electron chi connectivity index (χ0n) is 13.2. The minimum Gasteiger partial charge on any atom is -0.338 e. The fraction of sp³-hybridized carbons (Fsp3) is 0.562. The summed E-state index contributed by atoms with van der Waals surface area (Å²) in [5.74, 6) is 1.03. The van der Waals surface area contributed by atoms with Crippen LogP contribution in [0.4, 0.5) is 10.5 Å². The van der Waals surface area contributed by atoms with Gasteiger partial charge < -0.3 is 16.0 Å². The quantitative estimate of drug-likeness (QED) is 0.746. The Morgan fingerprint density at radius 2 is 1.90 bits per heavy atom. The number of rotatable bonds is 6. The molecule has 3 N–H and O–H groups in total. The zero-order chi connectivity index (χ0) is 15.1. The lowest BCUT2D eigenvalue weighted by Gasteiger charge is -2.17. The maximum absolute atomic E-state index is 11.9. The van der Waals surface area contributed by atoms with E-state index >= 15 is 0 Å². The van der Waals surface area contributed by atoms with Crippen LogP contribution in [0.25, 0.3) is 0 Å². The van der Waals surface area contributed by atoms with E-state index < -0.39 is 0 Å². The van der Waals surface area contributed by atoms with E-state index in [1.807, 2.05) is 31.3 Å². The van der Waals surface area contributed by atoms with Gasteiger partial charge in [0.1, 0.15) is 0 Å². The lowest BCUT2D eigenvalue weighted by atomic mass is 9.98. The fourth-order valence-electron chi connectivity index (χ4n) is 1.72. The van der Waals surface area contributed by atoms with Crippen LogP contribution in [-0.2, 0) is 0 Å². The molecule has 1 aromatic carbocycles. The third kappa shape index (κ3) is 5.21. The highest BCUT2D eigenvalue weighted by atomic mass is 16.2. The summed E-state index contributed by atoms with van der Waals surface area (Å²) in [7, 11) is 1.92. The summed E-state index contributed by atoms with van der Waals surface area (Å²) < 4.78 is 0. The summed E-state index contributed by atoms with van der Waals surface area (Å²) in [4.78, 5) is 11.9. The van der Waals surface area contributed by atoms with Crippen LogP contribution >= 0.6 is 0 Å². The Kier molecular flexibility index (Phi) is 6.52. The number of amides is 2. The number of benzene rings is 1. The van der Waals surface area contributed by atoms with Crippen molar-refractivity contribution in [2.24, 2.45) is 11.8 Å². The van der Waals surface area contributed by atoms with E-state index in [1.54, 1.807) is 0 Å². The second-order valence-corrected chi connectivity index (χ2v) is 5.69. The third-order valence-corrected chi connectivity index (χ3v) is 3.80. The van der Waals surface area contributed by atoms with Gasteiger partial charge in [0.25, 0.3) is 0 Å². The third-order valence-electron chi connectivity index (χ3n) is 3.80. The molecule has 0 aliphatic heterocycles. The molecule has 0 spiro atoms. The molecule has 0 heterocycles. The fourth-order valence-corrected chi connectivity index (χ4v) is 1.72. The number of hydrogen-bond donors (Lipinski definition) is 3. The van der Waals surface area contributed by atoms with E-state index in [1.165, 1.54) is 0 Å². The number of anilines is 1. The van der Waals surface area contributed by atoms with Gasteiger partial charge in [0.15, 0.2) is 0 Å². The van der Waals surface area contributed by atoms with Crippen LogP contribution in [0.1, 0.15) is 39.3 Å². The number of carbonyl (C=O) groups is 1. The highest BCUT2D eigenvalue weighted by Crippen LogP contribution is 2.17. The van der Waals surface area contributed by atoms with Crippen molar-refractivity contribution in [3.05, 3.63) is 29.8 Å². The van der Waals surface area contributed by atoms with Gasteiger partial charge in [0, 0.05) is 18.3 Å². The Morgan fingerprint density at radius 1 is 1.20 bits per heavy atom. The largest absolute Gasteiger partial charge is 0.338 e. The molecule has 0 aromatic heterocycles. The van der Waals surface area contributed by atoms with Crippen LogP contribution in [0.2, 0.25) is 0 Å². The molecule has 20 heavy (non-hydrogen) atoms. The van der Waals surface area contributed by atoms with E-state index in [2.05, 4.69) is 43.6 Å². The first-order valence-electron chi connectivity index (χ1n) is 7.26. The molecule has 0 bridgehead atoms. The molecular formula is C16H27N3O. The number of urea groups is 1. The van der Waals surface area contributed by atoms with E-state index in [0.29, 0.717) is 18.4 Å². The van der Waals surface area contributed by atoms with Crippen molar-refractivity contribution in [1.82, 2.24) is 10.6 Å².